The van der Waals surface area contributed by atoms with Gasteiger partial charge in [0.2, 0.25) is 5.91 Å². The van der Waals surface area contributed by atoms with E-state index in [2.05, 4.69) is 10.3 Å². The molecular weight excluding hydrogens is 408 g/mol. The van der Waals surface area contributed by atoms with Gasteiger partial charge in [0.15, 0.2) is 5.16 Å². The van der Waals surface area contributed by atoms with E-state index in [1.165, 1.54) is 23.8 Å². The minimum Gasteiger partial charge on any atom is -0.465 e. The summed E-state index contributed by atoms with van der Waals surface area (Å²) in [4.78, 5) is 53.2. The third kappa shape index (κ3) is 5.38. The average Bonchev–Trinajstić information content (AvgIpc) is 2.66. The number of hydrogen-bond donors (Lipinski definition) is 2. The average molecular weight is 435 g/mol. The summed E-state index contributed by atoms with van der Waals surface area (Å²) in [7, 11) is 1.27. The molecule has 1 unspecified atom stereocenters. The maximum absolute atomic E-state index is 13.2. The molecule has 0 aliphatic rings. The molecule has 2 rings (SSSR count). The number of hydrogen-bond acceptors (Lipinski definition) is 7. The number of nitrogens with one attached hydrogen (secondary N) is 1. The zero-order valence-electron chi connectivity index (χ0n) is 17.6. The Hall–Kier alpha value is -2.88. The maximum Gasteiger partial charge on any atom is 0.337 e. The minimum absolute atomic E-state index is 0.146. The van der Waals surface area contributed by atoms with Crippen molar-refractivity contribution in [1.82, 2.24) is 14.9 Å². The van der Waals surface area contributed by atoms with E-state index in [0.29, 0.717) is 22.6 Å². The lowest BCUT2D eigenvalue weighted by Crippen LogP contribution is -2.42. The number of fused-ring (bicyclic) bond motifs is 1. The van der Waals surface area contributed by atoms with Gasteiger partial charge in [0.05, 0.1) is 28.8 Å². The molecule has 1 heterocycles. The van der Waals surface area contributed by atoms with E-state index in [4.69, 9.17) is 10.5 Å². The second kappa shape index (κ2) is 9.75. The molecule has 10 heteroatoms. The van der Waals surface area contributed by atoms with Gasteiger partial charge in [-0.15, -0.1) is 0 Å². The first-order valence-corrected chi connectivity index (χ1v) is 10.3. The van der Waals surface area contributed by atoms with Gasteiger partial charge in [-0.1, -0.05) is 39.5 Å². The van der Waals surface area contributed by atoms with E-state index >= 15 is 0 Å². The molecule has 0 aliphatic heterocycles. The summed E-state index contributed by atoms with van der Waals surface area (Å²) in [6, 6.07) is 3.60. The zero-order chi connectivity index (χ0) is 22.6. The van der Waals surface area contributed by atoms with Crippen LogP contribution in [-0.2, 0) is 16.1 Å². The van der Waals surface area contributed by atoms with Gasteiger partial charge in [-0.05, 0) is 30.0 Å². The third-order valence-corrected chi connectivity index (χ3v) is 5.77. The lowest BCUT2D eigenvalue weighted by atomic mass is 10.1. The number of ether oxygens (including phenoxy) is 1. The molecule has 3 N–H and O–H groups in total. The number of primary amides is 1. The lowest BCUT2D eigenvalue weighted by molar-refractivity contribution is -0.120. The fraction of sp³-hybridized carbons (Fsp3) is 0.450. The predicted octanol–water partition coefficient (Wildman–Crippen LogP) is 2.15. The SMILES string of the molecule is COC(=O)c1ccc2c(=O)n(CC(C)C)c(SC(C(=O)NC(N)=O)C(C)C)nc2c1. The van der Waals surface area contributed by atoms with E-state index in [0.717, 1.165) is 11.8 Å². The Kier molecular flexibility index (Phi) is 7.60. The molecule has 0 fully saturated rings. The van der Waals surface area contributed by atoms with Gasteiger partial charge >= 0.3 is 12.0 Å². The van der Waals surface area contributed by atoms with E-state index in [1.807, 2.05) is 27.7 Å². The predicted molar refractivity (Wildman–Crippen MR) is 114 cm³/mol. The smallest absolute Gasteiger partial charge is 0.337 e. The number of amides is 3. The van der Waals surface area contributed by atoms with Gasteiger partial charge in [-0.25, -0.2) is 14.6 Å². The summed E-state index contributed by atoms with van der Waals surface area (Å²) in [6.45, 7) is 7.96. The molecule has 0 aliphatic carbocycles. The molecule has 0 bridgehead atoms. The first-order chi connectivity index (χ1) is 14.0. The van der Waals surface area contributed by atoms with Gasteiger partial charge in [-0.2, -0.15) is 0 Å². The molecule has 1 atom stereocenters. The molecule has 1 aromatic carbocycles. The van der Waals surface area contributed by atoms with Crippen LogP contribution in [0.3, 0.4) is 0 Å². The Balaban J connectivity index is 2.63. The summed E-state index contributed by atoms with van der Waals surface area (Å²) < 4.78 is 6.25. The number of nitrogens with zero attached hydrogens (tertiary/aromatic N) is 2. The third-order valence-electron chi connectivity index (χ3n) is 4.23. The number of benzene rings is 1. The molecule has 2 aromatic rings. The Morgan fingerprint density at radius 1 is 1.23 bits per heavy atom. The van der Waals surface area contributed by atoms with Gasteiger partial charge < -0.3 is 10.5 Å². The molecule has 0 saturated heterocycles. The van der Waals surface area contributed by atoms with Crippen LogP contribution in [0.5, 0.6) is 0 Å². The summed E-state index contributed by atoms with van der Waals surface area (Å²) in [5.74, 6) is -1.13. The van der Waals surface area contributed by atoms with Crippen LogP contribution in [-0.4, -0.2) is 39.8 Å². The summed E-state index contributed by atoms with van der Waals surface area (Å²) >= 11 is 1.08. The van der Waals surface area contributed by atoms with Crippen LogP contribution < -0.4 is 16.6 Å². The molecule has 0 spiro atoms. The number of nitrogens with two attached hydrogens (primary N) is 1. The fourth-order valence-electron chi connectivity index (χ4n) is 2.86. The number of imide groups is 1. The first kappa shape index (κ1) is 23.4. The highest BCUT2D eigenvalue weighted by Gasteiger charge is 2.27. The lowest BCUT2D eigenvalue weighted by Gasteiger charge is -2.21. The van der Waals surface area contributed by atoms with Crippen molar-refractivity contribution in [3.63, 3.8) is 0 Å². The van der Waals surface area contributed by atoms with Crippen molar-refractivity contribution in [3.05, 3.63) is 34.1 Å². The number of urea groups is 1. The van der Waals surface area contributed by atoms with Gasteiger partial charge in [0, 0.05) is 6.54 Å². The Morgan fingerprint density at radius 3 is 2.43 bits per heavy atom. The second-order valence-electron chi connectivity index (χ2n) is 7.56. The van der Waals surface area contributed by atoms with Crippen molar-refractivity contribution in [1.29, 1.82) is 0 Å². The van der Waals surface area contributed by atoms with Crippen molar-refractivity contribution >= 4 is 40.6 Å². The van der Waals surface area contributed by atoms with Crippen molar-refractivity contribution in [2.45, 2.75) is 44.6 Å². The molecule has 1 aromatic heterocycles. The van der Waals surface area contributed by atoms with Crippen molar-refractivity contribution in [3.8, 4) is 0 Å². The van der Waals surface area contributed by atoms with Crippen molar-refractivity contribution in [2.24, 2.45) is 17.6 Å². The topological polar surface area (TPSA) is 133 Å². The van der Waals surface area contributed by atoms with Crippen LogP contribution in [0.4, 0.5) is 4.79 Å². The molecule has 162 valence electrons. The largest absolute Gasteiger partial charge is 0.465 e. The highest BCUT2D eigenvalue weighted by atomic mass is 32.2. The normalized spacial score (nSPS) is 12.2. The van der Waals surface area contributed by atoms with E-state index < -0.39 is 23.2 Å². The van der Waals surface area contributed by atoms with Crippen molar-refractivity contribution in [2.75, 3.05) is 7.11 Å². The van der Waals surface area contributed by atoms with Gasteiger partial charge in [0.1, 0.15) is 0 Å². The number of carbonyl (C=O) groups is 3. The Bertz CT molecular complexity index is 1030. The fourth-order valence-corrected chi connectivity index (χ4v) is 3.96. The van der Waals surface area contributed by atoms with Crippen LogP contribution in [0, 0.1) is 11.8 Å². The number of thioether (sulfide) groups is 1. The summed E-state index contributed by atoms with van der Waals surface area (Å²) in [5, 5.41) is 2.06. The zero-order valence-corrected chi connectivity index (χ0v) is 18.4. The molecule has 30 heavy (non-hydrogen) atoms. The van der Waals surface area contributed by atoms with E-state index in [1.54, 1.807) is 6.07 Å². The maximum atomic E-state index is 13.2. The van der Waals surface area contributed by atoms with Crippen LogP contribution in [0.2, 0.25) is 0 Å². The van der Waals surface area contributed by atoms with Gasteiger partial charge in [0.25, 0.3) is 5.56 Å². The highest BCUT2D eigenvalue weighted by molar-refractivity contribution is 8.00. The van der Waals surface area contributed by atoms with E-state index in [-0.39, 0.29) is 23.0 Å². The van der Waals surface area contributed by atoms with Crippen LogP contribution >= 0.6 is 11.8 Å². The first-order valence-electron chi connectivity index (χ1n) is 9.45. The van der Waals surface area contributed by atoms with E-state index in [9.17, 15) is 19.2 Å². The molecule has 0 saturated carbocycles. The second-order valence-corrected chi connectivity index (χ2v) is 8.67. The molecule has 3 amide bonds. The van der Waals surface area contributed by atoms with Crippen LogP contribution in [0.15, 0.2) is 28.2 Å². The summed E-state index contributed by atoms with van der Waals surface area (Å²) in [6.07, 6.45) is 0. The highest BCUT2D eigenvalue weighted by Crippen LogP contribution is 2.28. The molecule has 0 radical (unpaired) electrons. The number of esters is 1. The molecule has 9 nitrogen and oxygen atoms in total. The standard InChI is InChI=1S/C20H26N4O5S/c1-10(2)9-24-17(26)13-7-6-12(18(27)29-5)8-14(13)22-20(24)30-15(11(3)4)16(25)23-19(21)28/h6-8,10-11,15H,9H2,1-5H3,(H3,21,23,25,28). The Morgan fingerprint density at radius 2 is 1.90 bits per heavy atom. The minimum atomic E-state index is -0.944. The van der Waals surface area contributed by atoms with Crippen molar-refractivity contribution < 1.29 is 19.1 Å². The number of aromatic nitrogens is 2. The number of carbonyl (C=O) groups excluding carboxylic acids is 3. The number of rotatable bonds is 7. The van der Waals surface area contributed by atoms with Crippen LogP contribution in [0.1, 0.15) is 38.1 Å². The monoisotopic (exact) mass is 434 g/mol. The Labute approximate surface area is 178 Å². The quantitative estimate of drug-likeness (QED) is 0.387. The summed E-state index contributed by atoms with van der Waals surface area (Å²) in [5.41, 5.74) is 5.40. The molecular formula is C20H26N4O5S. The number of methoxy groups -OCH3 is 1. The van der Waals surface area contributed by atoms with Crippen LogP contribution in [0.25, 0.3) is 10.9 Å². The van der Waals surface area contributed by atoms with Gasteiger partial charge in [-0.3, -0.25) is 19.5 Å².